The zero-order valence-corrected chi connectivity index (χ0v) is 21.5. The predicted octanol–water partition coefficient (Wildman–Crippen LogP) is 2.70. The van der Waals surface area contributed by atoms with Crippen LogP contribution in [0.2, 0.25) is 0 Å². The lowest BCUT2D eigenvalue weighted by molar-refractivity contribution is -0.259. The Balaban J connectivity index is 1.93. The molecule has 38 heavy (non-hydrogen) atoms. The molecule has 4 atom stereocenters. The van der Waals surface area contributed by atoms with E-state index in [1.807, 2.05) is 0 Å². The first-order valence-electron chi connectivity index (χ1n) is 12.0. The fourth-order valence-electron chi connectivity index (χ4n) is 4.09. The Morgan fingerprint density at radius 2 is 1.61 bits per heavy atom. The topological polar surface area (TPSA) is 126 Å². The fraction of sp³-hybridized carbons (Fsp3) is 0.407. The molecule has 0 radical (unpaired) electrons. The van der Waals surface area contributed by atoms with E-state index < -0.39 is 48.3 Å². The van der Waals surface area contributed by atoms with Gasteiger partial charge in [-0.25, -0.2) is 4.39 Å². The Labute approximate surface area is 219 Å². The second-order valence-electron chi connectivity index (χ2n) is 8.68. The van der Waals surface area contributed by atoms with Crippen LogP contribution in [-0.2, 0) is 44.5 Å². The Hall–Kier alpha value is -3.99. The second-order valence-corrected chi connectivity index (χ2v) is 8.68. The number of hydrogen-bond donors (Lipinski definition) is 1. The molecule has 0 bridgehead atoms. The van der Waals surface area contributed by atoms with Crippen molar-refractivity contribution in [2.45, 2.75) is 58.7 Å². The highest BCUT2D eigenvalue weighted by molar-refractivity contribution is 5.73. The van der Waals surface area contributed by atoms with Gasteiger partial charge in [0.05, 0.1) is 6.61 Å². The Kier molecular flexibility index (Phi) is 9.78. The summed E-state index contributed by atoms with van der Waals surface area (Å²) in [5.74, 6) is -2.30. The molecule has 1 amide bonds. The normalized spacial score (nSPS) is 20.7. The number of esters is 3. The average Bonchev–Trinajstić information content (AvgIpc) is 2.82. The number of carbonyl (C=O) groups excluding carboxylic acids is 4. The molecular weight excluding hydrogens is 501 g/mol. The van der Waals surface area contributed by atoms with E-state index in [1.165, 1.54) is 39.8 Å². The molecule has 0 saturated carbocycles. The molecule has 1 aliphatic rings. The number of halogens is 1. The second kappa shape index (κ2) is 13.0. The van der Waals surface area contributed by atoms with Crippen molar-refractivity contribution in [1.82, 2.24) is 5.32 Å². The smallest absolute Gasteiger partial charge is 0.303 e. The lowest BCUT2D eigenvalue weighted by Gasteiger charge is -2.40. The molecule has 1 saturated heterocycles. The molecule has 1 aliphatic heterocycles. The monoisotopic (exact) mass is 531 g/mol. The summed E-state index contributed by atoms with van der Waals surface area (Å²) in [4.78, 5) is 46.6. The molecule has 0 aliphatic carbocycles. The van der Waals surface area contributed by atoms with Crippen LogP contribution in [0.5, 0.6) is 5.75 Å². The molecular formula is C27H30FNO9. The van der Waals surface area contributed by atoms with E-state index >= 15 is 0 Å². The maximum Gasteiger partial charge on any atom is 0.303 e. The van der Waals surface area contributed by atoms with Crippen LogP contribution in [0.1, 0.15) is 33.3 Å². The summed E-state index contributed by atoms with van der Waals surface area (Å²) < 4.78 is 41.7. The van der Waals surface area contributed by atoms with Crippen LogP contribution in [-0.4, -0.2) is 61.6 Å². The maximum absolute atomic E-state index is 14.0. The number of ether oxygens (including phenoxy) is 5. The van der Waals surface area contributed by atoms with E-state index in [0.29, 0.717) is 29.8 Å². The van der Waals surface area contributed by atoms with Gasteiger partial charge < -0.3 is 29.0 Å². The zero-order valence-electron chi connectivity index (χ0n) is 21.5. The molecule has 0 spiro atoms. The first-order chi connectivity index (χ1) is 18.0. The van der Waals surface area contributed by atoms with Crippen LogP contribution < -0.4 is 10.1 Å². The van der Waals surface area contributed by atoms with Crippen molar-refractivity contribution in [1.29, 1.82) is 0 Å². The molecule has 1 fully saturated rings. The van der Waals surface area contributed by atoms with Crippen molar-refractivity contribution in [3.63, 3.8) is 0 Å². The summed E-state index contributed by atoms with van der Waals surface area (Å²) in [6, 6.07) is 11.1. The largest absolute Gasteiger partial charge is 0.461 e. The molecule has 1 unspecified atom stereocenters. The highest BCUT2D eigenvalue weighted by atomic mass is 19.1. The molecule has 3 rings (SSSR count). The van der Waals surface area contributed by atoms with Crippen LogP contribution in [0, 0.1) is 5.82 Å². The van der Waals surface area contributed by atoms with E-state index in [1.54, 1.807) is 30.3 Å². The molecule has 11 heteroatoms. The van der Waals surface area contributed by atoms with Gasteiger partial charge in [0.15, 0.2) is 12.2 Å². The standard InChI is InChI=1S/C27H30FNO9/c1-15(30)29-11-10-19-8-9-22(13-23(19)20-6-5-7-21(28)12-20)38-27-26(37-18(4)33)25(36-17(3)32)24(14-34-27)35-16(2)31/h5-9,12-13,24-27H,10-11,14H2,1-4H3,(H,29,30)/t24-,25-,26+,27?/m1/s1. The van der Waals surface area contributed by atoms with Gasteiger partial charge in [-0.05, 0) is 47.4 Å². The third-order valence-electron chi connectivity index (χ3n) is 5.54. The SMILES string of the molecule is CC(=O)NCCc1ccc(OC2OC[C@@H](OC(C)=O)[C@@H](OC(C)=O)[C@@H]2OC(C)=O)cc1-c1cccc(F)c1. The van der Waals surface area contributed by atoms with Crippen molar-refractivity contribution >= 4 is 23.8 Å². The first-order valence-corrected chi connectivity index (χ1v) is 12.0. The number of carbonyl (C=O) groups is 4. The van der Waals surface area contributed by atoms with Gasteiger partial charge in [-0.15, -0.1) is 0 Å². The van der Waals surface area contributed by atoms with Crippen LogP contribution in [0.15, 0.2) is 42.5 Å². The highest BCUT2D eigenvalue weighted by Crippen LogP contribution is 2.32. The molecule has 2 aromatic rings. The van der Waals surface area contributed by atoms with Crippen molar-refractivity contribution in [3.05, 3.63) is 53.8 Å². The summed E-state index contributed by atoms with van der Waals surface area (Å²) in [5.41, 5.74) is 2.06. The minimum Gasteiger partial charge on any atom is -0.461 e. The van der Waals surface area contributed by atoms with E-state index in [0.717, 1.165) is 5.56 Å². The summed E-state index contributed by atoms with van der Waals surface area (Å²) in [7, 11) is 0. The van der Waals surface area contributed by atoms with Crippen molar-refractivity contribution in [2.24, 2.45) is 0 Å². The van der Waals surface area contributed by atoms with Gasteiger partial charge in [0.25, 0.3) is 0 Å². The molecule has 10 nitrogen and oxygen atoms in total. The maximum atomic E-state index is 14.0. The van der Waals surface area contributed by atoms with E-state index in [9.17, 15) is 23.6 Å². The number of rotatable bonds is 9. The van der Waals surface area contributed by atoms with Crippen LogP contribution in [0.4, 0.5) is 4.39 Å². The zero-order chi connectivity index (χ0) is 27.8. The molecule has 0 aromatic heterocycles. The summed E-state index contributed by atoms with van der Waals surface area (Å²) in [5, 5.41) is 2.74. The number of benzene rings is 2. The van der Waals surface area contributed by atoms with Gasteiger partial charge in [0, 0.05) is 34.2 Å². The van der Waals surface area contributed by atoms with Crippen LogP contribution >= 0.6 is 0 Å². The van der Waals surface area contributed by atoms with Gasteiger partial charge in [-0.3, -0.25) is 19.2 Å². The molecule has 204 valence electrons. The van der Waals surface area contributed by atoms with Crippen molar-refractivity contribution in [3.8, 4) is 16.9 Å². The van der Waals surface area contributed by atoms with Gasteiger partial charge in [0.2, 0.25) is 18.3 Å². The first kappa shape index (κ1) is 28.6. The number of hydrogen-bond acceptors (Lipinski definition) is 9. The summed E-state index contributed by atoms with van der Waals surface area (Å²) in [6.45, 7) is 5.14. The average molecular weight is 532 g/mol. The van der Waals surface area contributed by atoms with E-state index in [-0.39, 0.29) is 12.5 Å². The fourth-order valence-corrected chi connectivity index (χ4v) is 4.09. The third-order valence-corrected chi connectivity index (χ3v) is 5.54. The predicted molar refractivity (Wildman–Crippen MR) is 131 cm³/mol. The Morgan fingerprint density at radius 1 is 0.921 bits per heavy atom. The Morgan fingerprint density at radius 3 is 2.24 bits per heavy atom. The summed E-state index contributed by atoms with van der Waals surface area (Å²) in [6.07, 6.45) is -4.22. The van der Waals surface area contributed by atoms with E-state index in [2.05, 4.69) is 5.32 Å². The number of nitrogens with one attached hydrogen (secondary N) is 1. The van der Waals surface area contributed by atoms with Gasteiger partial charge >= 0.3 is 17.9 Å². The Bertz CT molecular complexity index is 1180. The van der Waals surface area contributed by atoms with E-state index in [4.69, 9.17) is 23.7 Å². The molecule has 1 heterocycles. The van der Waals surface area contributed by atoms with Crippen LogP contribution in [0.3, 0.4) is 0 Å². The van der Waals surface area contributed by atoms with Crippen molar-refractivity contribution < 1.29 is 47.3 Å². The summed E-state index contributed by atoms with van der Waals surface area (Å²) >= 11 is 0. The van der Waals surface area contributed by atoms with Crippen molar-refractivity contribution in [2.75, 3.05) is 13.2 Å². The lowest BCUT2D eigenvalue weighted by atomic mass is 9.97. The minimum absolute atomic E-state index is 0.169. The lowest BCUT2D eigenvalue weighted by Crippen LogP contribution is -2.59. The highest BCUT2D eigenvalue weighted by Gasteiger charge is 2.48. The van der Waals surface area contributed by atoms with Crippen LogP contribution in [0.25, 0.3) is 11.1 Å². The van der Waals surface area contributed by atoms with Gasteiger partial charge in [0.1, 0.15) is 11.6 Å². The van der Waals surface area contributed by atoms with Gasteiger partial charge in [-0.2, -0.15) is 0 Å². The minimum atomic E-state index is -1.26. The van der Waals surface area contributed by atoms with Gasteiger partial charge in [-0.1, -0.05) is 18.2 Å². The third kappa shape index (κ3) is 8.01. The molecule has 1 N–H and O–H groups in total. The quantitative estimate of drug-likeness (QED) is 0.384. The number of amides is 1. The molecule has 2 aromatic carbocycles.